The molecule has 1 N–H and O–H groups in total. The zero-order valence-electron chi connectivity index (χ0n) is 12.8. The Morgan fingerprint density at radius 1 is 1.30 bits per heavy atom. The molecule has 0 radical (unpaired) electrons. The number of rotatable bonds is 5. The van der Waals surface area contributed by atoms with E-state index in [9.17, 15) is 9.59 Å². The fourth-order valence-corrected chi connectivity index (χ4v) is 3.27. The minimum absolute atomic E-state index is 0.176. The largest absolute Gasteiger partial charge is 0.481 e. The molecule has 1 unspecified atom stereocenters. The SMILES string of the molecule is O=C(O)C[C@H]1OCC(c2ccc(Cl)cc2)N(CC2CCC2)C1=O. The Balaban J connectivity index is 1.80. The van der Waals surface area contributed by atoms with Crippen LogP contribution in [0.5, 0.6) is 0 Å². The Kier molecular flexibility index (Phi) is 4.87. The van der Waals surface area contributed by atoms with Gasteiger partial charge in [0.1, 0.15) is 6.10 Å². The van der Waals surface area contributed by atoms with Crippen LogP contribution in [0.2, 0.25) is 5.02 Å². The van der Waals surface area contributed by atoms with Crippen LogP contribution in [0.1, 0.15) is 37.3 Å². The van der Waals surface area contributed by atoms with E-state index in [1.54, 1.807) is 12.1 Å². The van der Waals surface area contributed by atoms with E-state index in [4.69, 9.17) is 21.4 Å². The summed E-state index contributed by atoms with van der Waals surface area (Å²) in [5.74, 6) is -0.722. The van der Waals surface area contributed by atoms with Crippen molar-refractivity contribution in [1.29, 1.82) is 0 Å². The maximum Gasteiger partial charge on any atom is 0.306 e. The molecule has 1 saturated heterocycles. The molecule has 6 heteroatoms. The summed E-state index contributed by atoms with van der Waals surface area (Å²) in [5, 5.41) is 9.60. The number of morpholine rings is 1. The van der Waals surface area contributed by atoms with E-state index >= 15 is 0 Å². The number of amides is 1. The molecule has 5 nitrogen and oxygen atoms in total. The standard InChI is InChI=1S/C17H20ClNO4/c18-13-6-4-12(5-7-13)14-10-23-15(8-16(20)21)17(22)19(14)9-11-2-1-3-11/h4-7,11,14-15H,1-3,8-10H2,(H,20,21)/t14?,15-/m1/s1. The zero-order chi connectivity index (χ0) is 16.4. The van der Waals surface area contributed by atoms with Gasteiger partial charge in [-0.15, -0.1) is 0 Å². The van der Waals surface area contributed by atoms with Crippen LogP contribution in [0.15, 0.2) is 24.3 Å². The van der Waals surface area contributed by atoms with E-state index in [0.29, 0.717) is 24.1 Å². The third-order valence-electron chi connectivity index (χ3n) is 4.68. The van der Waals surface area contributed by atoms with Crippen LogP contribution in [-0.4, -0.2) is 41.1 Å². The molecule has 124 valence electrons. The summed E-state index contributed by atoms with van der Waals surface area (Å²) in [7, 11) is 0. The highest BCUT2D eigenvalue weighted by Gasteiger charge is 2.39. The Labute approximate surface area is 140 Å². The summed E-state index contributed by atoms with van der Waals surface area (Å²) in [6.45, 7) is 0.990. The summed E-state index contributed by atoms with van der Waals surface area (Å²) in [5.41, 5.74) is 0.968. The molecule has 23 heavy (non-hydrogen) atoms. The van der Waals surface area contributed by atoms with Gasteiger partial charge in [-0.05, 0) is 36.5 Å². The number of aliphatic carboxylic acids is 1. The zero-order valence-corrected chi connectivity index (χ0v) is 13.5. The number of carboxylic acids is 1. The monoisotopic (exact) mass is 337 g/mol. The van der Waals surface area contributed by atoms with Crippen molar-refractivity contribution in [1.82, 2.24) is 4.90 Å². The van der Waals surface area contributed by atoms with Crippen LogP contribution >= 0.6 is 11.6 Å². The molecular weight excluding hydrogens is 318 g/mol. The smallest absolute Gasteiger partial charge is 0.306 e. The Morgan fingerprint density at radius 2 is 2.00 bits per heavy atom. The van der Waals surface area contributed by atoms with Crippen LogP contribution < -0.4 is 0 Å². The number of benzene rings is 1. The Hall–Kier alpha value is -1.59. The first-order valence-electron chi connectivity index (χ1n) is 7.94. The molecule has 1 amide bonds. The van der Waals surface area contributed by atoms with Crippen LogP contribution in [0.3, 0.4) is 0 Å². The third-order valence-corrected chi connectivity index (χ3v) is 4.94. The van der Waals surface area contributed by atoms with Crippen molar-refractivity contribution in [3.8, 4) is 0 Å². The molecule has 0 bridgehead atoms. The van der Waals surface area contributed by atoms with E-state index in [0.717, 1.165) is 18.4 Å². The van der Waals surface area contributed by atoms with E-state index in [2.05, 4.69) is 0 Å². The van der Waals surface area contributed by atoms with Gasteiger partial charge in [-0.3, -0.25) is 9.59 Å². The molecule has 1 aromatic rings. The van der Waals surface area contributed by atoms with Gasteiger partial charge in [-0.1, -0.05) is 30.2 Å². The van der Waals surface area contributed by atoms with Crippen molar-refractivity contribution in [2.24, 2.45) is 5.92 Å². The van der Waals surface area contributed by atoms with Crippen LogP contribution in [-0.2, 0) is 14.3 Å². The molecule has 0 spiro atoms. The van der Waals surface area contributed by atoms with Gasteiger partial charge in [0.2, 0.25) is 0 Å². The van der Waals surface area contributed by atoms with Gasteiger partial charge in [0.25, 0.3) is 5.91 Å². The lowest BCUT2D eigenvalue weighted by Crippen LogP contribution is -2.52. The molecule has 1 aliphatic carbocycles. The molecule has 2 aliphatic rings. The van der Waals surface area contributed by atoms with Crippen molar-refractivity contribution in [2.45, 2.75) is 37.8 Å². The van der Waals surface area contributed by atoms with Crippen molar-refractivity contribution in [3.05, 3.63) is 34.9 Å². The van der Waals surface area contributed by atoms with Crippen molar-refractivity contribution < 1.29 is 19.4 Å². The third kappa shape index (κ3) is 3.67. The molecule has 2 fully saturated rings. The molecular formula is C17H20ClNO4. The maximum atomic E-state index is 12.7. The highest BCUT2D eigenvalue weighted by molar-refractivity contribution is 6.30. The number of ether oxygens (including phenoxy) is 1. The highest BCUT2D eigenvalue weighted by atomic mass is 35.5. The Morgan fingerprint density at radius 3 is 2.57 bits per heavy atom. The first-order valence-corrected chi connectivity index (χ1v) is 8.31. The van der Waals surface area contributed by atoms with Gasteiger partial charge < -0.3 is 14.7 Å². The van der Waals surface area contributed by atoms with Crippen molar-refractivity contribution in [3.63, 3.8) is 0 Å². The normalized spacial score (nSPS) is 25.3. The van der Waals surface area contributed by atoms with Crippen LogP contribution in [0.4, 0.5) is 0 Å². The number of carboxylic acid groups (broad SMARTS) is 1. The molecule has 0 aromatic heterocycles. The molecule has 1 aromatic carbocycles. The van der Waals surface area contributed by atoms with E-state index < -0.39 is 12.1 Å². The van der Waals surface area contributed by atoms with Crippen LogP contribution in [0, 0.1) is 5.92 Å². The number of hydrogen-bond acceptors (Lipinski definition) is 3. The Bertz CT molecular complexity index is 585. The van der Waals surface area contributed by atoms with Crippen molar-refractivity contribution in [2.75, 3.05) is 13.2 Å². The quantitative estimate of drug-likeness (QED) is 0.897. The minimum atomic E-state index is -1.02. The topological polar surface area (TPSA) is 66.8 Å². The van der Waals surface area contributed by atoms with E-state index in [-0.39, 0.29) is 18.4 Å². The second kappa shape index (κ2) is 6.89. The lowest BCUT2D eigenvalue weighted by atomic mass is 9.84. The minimum Gasteiger partial charge on any atom is -0.481 e. The van der Waals surface area contributed by atoms with Crippen LogP contribution in [0.25, 0.3) is 0 Å². The predicted molar refractivity (Wildman–Crippen MR) is 85.2 cm³/mol. The maximum absolute atomic E-state index is 12.7. The highest BCUT2D eigenvalue weighted by Crippen LogP contribution is 2.34. The first-order chi connectivity index (χ1) is 11.0. The summed E-state index contributed by atoms with van der Waals surface area (Å²) < 4.78 is 5.56. The van der Waals surface area contributed by atoms with Gasteiger partial charge in [0, 0.05) is 11.6 Å². The van der Waals surface area contributed by atoms with Gasteiger partial charge in [0.05, 0.1) is 19.1 Å². The molecule has 3 rings (SSSR count). The van der Waals surface area contributed by atoms with E-state index in [1.165, 1.54) is 6.42 Å². The second-order valence-corrected chi connectivity index (χ2v) is 6.71. The van der Waals surface area contributed by atoms with Gasteiger partial charge in [-0.25, -0.2) is 0 Å². The summed E-state index contributed by atoms with van der Waals surface area (Å²) >= 11 is 5.93. The lowest BCUT2D eigenvalue weighted by molar-refractivity contribution is -0.167. The number of halogens is 1. The fraction of sp³-hybridized carbons (Fsp3) is 0.529. The number of carbonyl (C=O) groups excluding carboxylic acids is 1. The second-order valence-electron chi connectivity index (χ2n) is 6.27. The summed E-state index contributed by atoms with van der Waals surface area (Å²) in [4.78, 5) is 25.4. The van der Waals surface area contributed by atoms with Gasteiger partial charge in [-0.2, -0.15) is 0 Å². The molecule has 1 heterocycles. The number of nitrogens with zero attached hydrogens (tertiary/aromatic N) is 1. The first kappa shape index (κ1) is 16.3. The predicted octanol–water partition coefficient (Wildman–Crippen LogP) is 2.88. The fourth-order valence-electron chi connectivity index (χ4n) is 3.14. The van der Waals surface area contributed by atoms with Gasteiger partial charge in [0.15, 0.2) is 0 Å². The van der Waals surface area contributed by atoms with Gasteiger partial charge >= 0.3 is 5.97 Å². The lowest BCUT2D eigenvalue weighted by Gasteiger charge is -2.42. The summed E-state index contributed by atoms with van der Waals surface area (Å²) in [6, 6.07) is 7.22. The molecule has 2 atom stereocenters. The number of hydrogen-bond donors (Lipinski definition) is 1. The average molecular weight is 338 g/mol. The molecule has 1 saturated carbocycles. The van der Waals surface area contributed by atoms with E-state index in [1.807, 2.05) is 17.0 Å². The summed E-state index contributed by atoms with van der Waals surface area (Å²) in [6.07, 6.45) is 2.29. The molecule has 1 aliphatic heterocycles. The average Bonchev–Trinajstić information content (AvgIpc) is 2.47. The van der Waals surface area contributed by atoms with Crippen molar-refractivity contribution >= 4 is 23.5 Å². The number of carbonyl (C=O) groups is 2.